The smallest absolute Gasteiger partial charge is 0.00927 e. The Labute approximate surface area is 84.1 Å². The molecule has 2 N–H and O–H groups in total. The van der Waals surface area contributed by atoms with Crippen LogP contribution in [0.25, 0.3) is 0 Å². The molecular weight excluding hydrogens is 158 g/mol. The summed E-state index contributed by atoms with van der Waals surface area (Å²) in [6, 6.07) is 0.397. The SMILES string of the molecule is CCCCC(CC)(CC)C(N)CC. The highest BCUT2D eigenvalue weighted by atomic mass is 14.7. The second-order valence-electron chi connectivity index (χ2n) is 4.19. The quantitative estimate of drug-likeness (QED) is 0.642. The van der Waals surface area contributed by atoms with Crippen LogP contribution in [0.1, 0.15) is 66.2 Å². The van der Waals surface area contributed by atoms with Gasteiger partial charge in [0.2, 0.25) is 0 Å². The van der Waals surface area contributed by atoms with Crippen molar-refractivity contribution in [3.05, 3.63) is 0 Å². The summed E-state index contributed by atoms with van der Waals surface area (Å²) in [7, 11) is 0. The van der Waals surface area contributed by atoms with Gasteiger partial charge < -0.3 is 5.73 Å². The first-order chi connectivity index (χ1) is 6.16. The summed E-state index contributed by atoms with van der Waals surface area (Å²) in [6.07, 6.45) is 7.52. The Morgan fingerprint density at radius 3 is 1.92 bits per heavy atom. The molecule has 0 bridgehead atoms. The minimum Gasteiger partial charge on any atom is -0.327 e. The first kappa shape index (κ1) is 13.0. The molecule has 1 nitrogen and oxygen atoms in total. The predicted molar refractivity (Wildman–Crippen MR) is 60.8 cm³/mol. The molecule has 0 aromatic heterocycles. The molecule has 1 atom stereocenters. The number of unbranched alkanes of at least 4 members (excludes halogenated alkanes) is 1. The summed E-state index contributed by atoms with van der Waals surface area (Å²) in [5.74, 6) is 0. The van der Waals surface area contributed by atoms with Crippen LogP contribution in [-0.4, -0.2) is 6.04 Å². The molecule has 0 aliphatic carbocycles. The van der Waals surface area contributed by atoms with Gasteiger partial charge in [0.05, 0.1) is 0 Å². The Morgan fingerprint density at radius 1 is 1.08 bits per heavy atom. The van der Waals surface area contributed by atoms with Crippen molar-refractivity contribution in [2.75, 3.05) is 0 Å². The van der Waals surface area contributed by atoms with E-state index in [9.17, 15) is 0 Å². The molecule has 0 fully saturated rings. The lowest BCUT2D eigenvalue weighted by Crippen LogP contribution is -2.40. The third-order valence-corrected chi connectivity index (χ3v) is 3.66. The van der Waals surface area contributed by atoms with Crippen LogP contribution in [-0.2, 0) is 0 Å². The average Bonchev–Trinajstić information content (AvgIpc) is 2.19. The summed E-state index contributed by atoms with van der Waals surface area (Å²) in [5.41, 5.74) is 6.64. The van der Waals surface area contributed by atoms with Gasteiger partial charge in [-0.1, -0.05) is 40.5 Å². The molecule has 0 aliphatic rings. The number of rotatable bonds is 7. The lowest BCUT2D eigenvalue weighted by molar-refractivity contribution is 0.175. The molecule has 0 amide bonds. The van der Waals surface area contributed by atoms with Crippen molar-refractivity contribution in [3.8, 4) is 0 Å². The first-order valence-electron chi connectivity index (χ1n) is 5.92. The molecule has 13 heavy (non-hydrogen) atoms. The fourth-order valence-electron chi connectivity index (χ4n) is 2.28. The Morgan fingerprint density at radius 2 is 1.62 bits per heavy atom. The predicted octanol–water partition coefficient (Wildman–Crippen LogP) is 3.72. The minimum absolute atomic E-state index is 0.397. The fraction of sp³-hybridized carbons (Fsp3) is 1.00. The van der Waals surface area contributed by atoms with Crippen molar-refractivity contribution < 1.29 is 0 Å². The third-order valence-electron chi connectivity index (χ3n) is 3.66. The van der Waals surface area contributed by atoms with Crippen molar-refractivity contribution in [1.29, 1.82) is 0 Å². The topological polar surface area (TPSA) is 26.0 Å². The van der Waals surface area contributed by atoms with Gasteiger partial charge in [-0.3, -0.25) is 0 Å². The van der Waals surface area contributed by atoms with Crippen molar-refractivity contribution in [3.63, 3.8) is 0 Å². The van der Waals surface area contributed by atoms with Crippen molar-refractivity contribution >= 4 is 0 Å². The van der Waals surface area contributed by atoms with E-state index in [1.165, 1.54) is 32.1 Å². The number of hydrogen-bond acceptors (Lipinski definition) is 1. The van der Waals surface area contributed by atoms with Gasteiger partial charge in [-0.15, -0.1) is 0 Å². The van der Waals surface area contributed by atoms with E-state index in [2.05, 4.69) is 27.7 Å². The molecule has 0 spiro atoms. The molecule has 1 unspecified atom stereocenters. The van der Waals surface area contributed by atoms with Gasteiger partial charge >= 0.3 is 0 Å². The maximum absolute atomic E-state index is 6.21. The zero-order chi connectivity index (χ0) is 10.3. The third kappa shape index (κ3) is 3.30. The van der Waals surface area contributed by atoms with Gasteiger partial charge in [0, 0.05) is 6.04 Å². The van der Waals surface area contributed by atoms with E-state index in [1.54, 1.807) is 0 Å². The summed E-state index contributed by atoms with van der Waals surface area (Å²) in [6.45, 7) is 9.04. The van der Waals surface area contributed by atoms with Crippen LogP contribution in [0.3, 0.4) is 0 Å². The molecule has 0 heterocycles. The molecule has 0 radical (unpaired) electrons. The maximum Gasteiger partial charge on any atom is 0.00927 e. The first-order valence-corrected chi connectivity index (χ1v) is 5.92. The largest absolute Gasteiger partial charge is 0.327 e. The maximum atomic E-state index is 6.21. The van der Waals surface area contributed by atoms with Crippen molar-refractivity contribution in [1.82, 2.24) is 0 Å². The van der Waals surface area contributed by atoms with E-state index in [0.717, 1.165) is 6.42 Å². The summed E-state index contributed by atoms with van der Waals surface area (Å²) >= 11 is 0. The monoisotopic (exact) mass is 185 g/mol. The zero-order valence-corrected chi connectivity index (χ0v) is 9.90. The van der Waals surface area contributed by atoms with Crippen LogP contribution in [0.5, 0.6) is 0 Å². The van der Waals surface area contributed by atoms with Crippen LogP contribution in [0.2, 0.25) is 0 Å². The number of hydrogen-bond donors (Lipinski definition) is 1. The fourth-order valence-corrected chi connectivity index (χ4v) is 2.28. The summed E-state index contributed by atoms with van der Waals surface area (Å²) in [5, 5.41) is 0. The van der Waals surface area contributed by atoms with Crippen molar-refractivity contribution in [2.45, 2.75) is 72.3 Å². The Hall–Kier alpha value is -0.0400. The number of nitrogens with two attached hydrogens (primary N) is 1. The molecular formula is C12H27N. The lowest BCUT2D eigenvalue weighted by Gasteiger charge is -2.37. The zero-order valence-electron chi connectivity index (χ0n) is 9.90. The van der Waals surface area contributed by atoms with E-state index in [-0.39, 0.29) is 0 Å². The Balaban J connectivity index is 4.29. The Kier molecular flexibility index (Phi) is 6.40. The second kappa shape index (κ2) is 6.42. The second-order valence-corrected chi connectivity index (χ2v) is 4.19. The van der Waals surface area contributed by atoms with Gasteiger partial charge in [-0.05, 0) is 31.1 Å². The van der Waals surface area contributed by atoms with Gasteiger partial charge in [-0.25, -0.2) is 0 Å². The summed E-state index contributed by atoms with van der Waals surface area (Å²) < 4.78 is 0. The van der Waals surface area contributed by atoms with Gasteiger partial charge in [0.25, 0.3) is 0 Å². The Bertz CT molecular complexity index is 116. The molecule has 0 aromatic carbocycles. The summed E-state index contributed by atoms with van der Waals surface area (Å²) in [4.78, 5) is 0. The molecule has 0 aliphatic heterocycles. The lowest BCUT2D eigenvalue weighted by atomic mass is 9.71. The minimum atomic E-state index is 0.397. The van der Waals surface area contributed by atoms with E-state index in [1.807, 2.05) is 0 Å². The van der Waals surface area contributed by atoms with Crippen LogP contribution in [0.15, 0.2) is 0 Å². The molecule has 0 aromatic rings. The molecule has 0 rings (SSSR count). The molecule has 0 saturated carbocycles. The highest BCUT2D eigenvalue weighted by Gasteiger charge is 2.31. The normalized spacial score (nSPS) is 14.5. The van der Waals surface area contributed by atoms with Gasteiger partial charge in [-0.2, -0.15) is 0 Å². The highest BCUT2D eigenvalue weighted by Crippen LogP contribution is 2.36. The van der Waals surface area contributed by atoms with E-state index in [0.29, 0.717) is 11.5 Å². The van der Waals surface area contributed by atoms with Crippen LogP contribution < -0.4 is 5.73 Å². The van der Waals surface area contributed by atoms with Crippen molar-refractivity contribution in [2.24, 2.45) is 11.1 Å². The molecule has 80 valence electrons. The van der Waals surface area contributed by atoms with Crippen LogP contribution in [0.4, 0.5) is 0 Å². The average molecular weight is 185 g/mol. The van der Waals surface area contributed by atoms with Crippen LogP contribution in [0, 0.1) is 5.41 Å². The van der Waals surface area contributed by atoms with Gasteiger partial charge in [0.15, 0.2) is 0 Å². The van der Waals surface area contributed by atoms with E-state index < -0.39 is 0 Å². The van der Waals surface area contributed by atoms with E-state index in [4.69, 9.17) is 5.73 Å². The highest BCUT2D eigenvalue weighted by molar-refractivity contribution is 4.86. The molecule has 0 saturated heterocycles. The van der Waals surface area contributed by atoms with Gasteiger partial charge in [0.1, 0.15) is 0 Å². The molecule has 1 heteroatoms. The van der Waals surface area contributed by atoms with Crippen LogP contribution >= 0.6 is 0 Å². The standard InChI is InChI=1S/C12H27N/c1-5-9-10-12(7-3,8-4)11(13)6-2/h11H,5-10,13H2,1-4H3. The van der Waals surface area contributed by atoms with E-state index >= 15 is 0 Å².